The molecule has 6 heteroatoms. The van der Waals surface area contributed by atoms with Crippen LogP contribution >= 0.6 is 0 Å². The minimum Gasteiger partial charge on any atom is -0.382 e. The van der Waals surface area contributed by atoms with E-state index in [1.807, 2.05) is 36.4 Å². The van der Waals surface area contributed by atoms with E-state index in [9.17, 15) is 9.59 Å². The van der Waals surface area contributed by atoms with Crippen LogP contribution in [-0.4, -0.2) is 41.9 Å². The molecule has 2 heterocycles. The van der Waals surface area contributed by atoms with E-state index in [0.717, 1.165) is 50.8 Å². The molecule has 2 fully saturated rings. The molecule has 0 radical (unpaired) electrons. The molecule has 4 N–H and O–H groups in total. The van der Waals surface area contributed by atoms with Gasteiger partial charge in [0, 0.05) is 35.8 Å². The number of nitrogens with two attached hydrogens (primary N) is 1. The van der Waals surface area contributed by atoms with Crippen LogP contribution in [0.5, 0.6) is 0 Å². The smallest absolute Gasteiger partial charge is 0.251 e. The van der Waals surface area contributed by atoms with Gasteiger partial charge < -0.3 is 21.3 Å². The summed E-state index contributed by atoms with van der Waals surface area (Å²) in [7, 11) is 0. The van der Waals surface area contributed by atoms with Crippen LogP contribution in [0.15, 0.2) is 54.6 Å². The maximum absolute atomic E-state index is 14.0. The van der Waals surface area contributed by atoms with Crippen molar-refractivity contribution in [2.24, 2.45) is 17.6 Å². The zero-order valence-corrected chi connectivity index (χ0v) is 19.1. The number of para-hydroxylation sites is 1. The molecule has 174 valence electrons. The quantitative estimate of drug-likeness (QED) is 0.653. The molecular formula is C27H34N4O2. The second-order valence-corrected chi connectivity index (χ2v) is 9.68. The van der Waals surface area contributed by atoms with Crippen molar-refractivity contribution >= 4 is 17.5 Å². The molecule has 33 heavy (non-hydrogen) atoms. The van der Waals surface area contributed by atoms with Crippen molar-refractivity contribution in [2.75, 3.05) is 18.4 Å². The fourth-order valence-corrected chi connectivity index (χ4v) is 6.20. The molecule has 1 aliphatic carbocycles. The first-order valence-electron chi connectivity index (χ1n) is 12.4. The number of likely N-dealkylation sites (tertiary alicyclic amines) is 1. The van der Waals surface area contributed by atoms with Gasteiger partial charge in [-0.05, 0) is 56.0 Å². The zero-order valence-electron chi connectivity index (χ0n) is 19.1. The molecule has 5 rings (SSSR count). The first kappa shape index (κ1) is 22.0. The molecule has 2 amide bonds. The predicted molar refractivity (Wildman–Crippen MR) is 130 cm³/mol. The van der Waals surface area contributed by atoms with E-state index in [1.165, 1.54) is 5.56 Å². The molecule has 0 bridgehead atoms. The van der Waals surface area contributed by atoms with Crippen LogP contribution in [0, 0.1) is 11.8 Å². The minimum atomic E-state index is -0.167. The van der Waals surface area contributed by atoms with Gasteiger partial charge in [-0.25, -0.2) is 0 Å². The number of nitrogens with zero attached hydrogens (tertiary/aromatic N) is 1. The maximum Gasteiger partial charge on any atom is 0.251 e. The van der Waals surface area contributed by atoms with E-state index >= 15 is 0 Å². The monoisotopic (exact) mass is 446 g/mol. The Morgan fingerprint density at radius 3 is 2.58 bits per heavy atom. The number of carbonyl (C=O) groups is 2. The van der Waals surface area contributed by atoms with E-state index < -0.39 is 0 Å². The second kappa shape index (κ2) is 9.56. The van der Waals surface area contributed by atoms with E-state index in [1.54, 1.807) is 0 Å². The number of rotatable bonds is 5. The highest BCUT2D eigenvalue weighted by molar-refractivity contribution is 5.94. The highest BCUT2D eigenvalue weighted by atomic mass is 16.2. The van der Waals surface area contributed by atoms with Gasteiger partial charge in [0.05, 0.1) is 12.0 Å². The average Bonchev–Trinajstić information content (AvgIpc) is 3.31. The molecule has 2 aliphatic heterocycles. The largest absolute Gasteiger partial charge is 0.382 e. The number of carbonyl (C=O) groups excluding carboxylic acids is 2. The lowest BCUT2D eigenvalue weighted by atomic mass is 9.80. The van der Waals surface area contributed by atoms with E-state index in [2.05, 4.69) is 33.7 Å². The molecule has 0 spiro atoms. The first-order chi connectivity index (χ1) is 16.2. The summed E-state index contributed by atoms with van der Waals surface area (Å²) in [6.45, 7) is 1.40. The Labute approximate surface area is 195 Å². The molecule has 5 atom stereocenters. The van der Waals surface area contributed by atoms with Gasteiger partial charge in [-0.3, -0.25) is 9.59 Å². The van der Waals surface area contributed by atoms with Crippen molar-refractivity contribution < 1.29 is 9.59 Å². The molecule has 1 saturated heterocycles. The number of hydrogen-bond acceptors (Lipinski definition) is 4. The van der Waals surface area contributed by atoms with Crippen molar-refractivity contribution in [3.63, 3.8) is 0 Å². The lowest BCUT2D eigenvalue weighted by molar-refractivity contribution is -0.138. The summed E-state index contributed by atoms with van der Waals surface area (Å²) in [5.74, 6) is 0.312. The summed E-state index contributed by atoms with van der Waals surface area (Å²) >= 11 is 0. The number of benzene rings is 2. The van der Waals surface area contributed by atoms with Crippen molar-refractivity contribution in [3.05, 3.63) is 65.7 Å². The van der Waals surface area contributed by atoms with Crippen LogP contribution < -0.4 is 16.4 Å². The van der Waals surface area contributed by atoms with Crippen molar-refractivity contribution in [1.82, 2.24) is 10.2 Å². The van der Waals surface area contributed by atoms with Crippen LogP contribution in [0.4, 0.5) is 5.69 Å². The number of anilines is 1. The molecule has 2 aromatic rings. The van der Waals surface area contributed by atoms with E-state index in [-0.39, 0.29) is 35.9 Å². The normalized spacial score (nSPS) is 28.4. The summed E-state index contributed by atoms with van der Waals surface area (Å²) in [4.78, 5) is 29.0. The molecule has 6 nitrogen and oxygen atoms in total. The Morgan fingerprint density at radius 2 is 1.76 bits per heavy atom. The Morgan fingerprint density at radius 1 is 1.00 bits per heavy atom. The Bertz CT molecular complexity index is 995. The lowest BCUT2D eigenvalue weighted by Crippen LogP contribution is -2.50. The summed E-state index contributed by atoms with van der Waals surface area (Å²) in [5.41, 5.74) is 8.90. The lowest BCUT2D eigenvalue weighted by Gasteiger charge is -2.42. The molecular weight excluding hydrogens is 412 g/mol. The second-order valence-electron chi connectivity index (χ2n) is 9.68. The van der Waals surface area contributed by atoms with Crippen LogP contribution in [-0.2, 0) is 4.79 Å². The Hall–Kier alpha value is -2.86. The first-order valence-corrected chi connectivity index (χ1v) is 12.4. The van der Waals surface area contributed by atoms with Gasteiger partial charge in [-0.15, -0.1) is 0 Å². The van der Waals surface area contributed by atoms with Gasteiger partial charge in [-0.1, -0.05) is 49.2 Å². The fourth-order valence-electron chi connectivity index (χ4n) is 6.20. The molecule has 0 aromatic heterocycles. The molecule has 2 aromatic carbocycles. The number of amides is 2. The van der Waals surface area contributed by atoms with Crippen LogP contribution in [0.25, 0.3) is 0 Å². The molecule has 1 saturated carbocycles. The minimum absolute atomic E-state index is 0.0823. The summed E-state index contributed by atoms with van der Waals surface area (Å²) < 4.78 is 0. The third-order valence-corrected chi connectivity index (χ3v) is 7.78. The van der Waals surface area contributed by atoms with Gasteiger partial charge in [0.25, 0.3) is 5.91 Å². The number of nitrogens with one attached hydrogen (secondary N) is 2. The van der Waals surface area contributed by atoms with Crippen LogP contribution in [0.3, 0.4) is 0 Å². The van der Waals surface area contributed by atoms with Gasteiger partial charge in [-0.2, -0.15) is 0 Å². The van der Waals surface area contributed by atoms with Gasteiger partial charge in [0.2, 0.25) is 5.91 Å². The Kier molecular flexibility index (Phi) is 6.36. The molecule has 0 unspecified atom stereocenters. The average molecular weight is 447 g/mol. The van der Waals surface area contributed by atoms with Crippen LogP contribution in [0.1, 0.15) is 60.5 Å². The van der Waals surface area contributed by atoms with E-state index in [0.29, 0.717) is 18.0 Å². The number of fused-ring (bicyclic) bond motifs is 3. The van der Waals surface area contributed by atoms with E-state index in [4.69, 9.17) is 5.73 Å². The Balaban J connectivity index is 1.38. The standard InChI is InChI=1S/C27H34N4O2/c28-16-14-24-20-15-17-31(25(20)19-10-4-6-12-22(19)29-24)27(33)21-11-5-7-13-23(21)30-26(32)18-8-2-1-3-9-18/h1-4,6,8-10,12,20-21,23-25,29H,5,7,11,13-17,28H2,(H,30,32)/t20-,21+,23-,24+,25+/m1/s1. The van der Waals surface area contributed by atoms with Crippen molar-refractivity contribution in [3.8, 4) is 0 Å². The van der Waals surface area contributed by atoms with Crippen LogP contribution in [0.2, 0.25) is 0 Å². The number of hydrogen-bond donors (Lipinski definition) is 3. The van der Waals surface area contributed by atoms with Gasteiger partial charge >= 0.3 is 0 Å². The highest BCUT2D eigenvalue weighted by Gasteiger charge is 2.47. The third kappa shape index (κ3) is 4.24. The molecule has 3 aliphatic rings. The zero-order chi connectivity index (χ0) is 22.8. The fraction of sp³-hybridized carbons (Fsp3) is 0.481. The van der Waals surface area contributed by atoms with Crippen molar-refractivity contribution in [2.45, 2.75) is 56.7 Å². The SMILES string of the molecule is NCC[C@@H]1Nc2ccccc2[C@H]2[C@@H]1CCN2C(=O)[C@H]1CCCC[C@H]1NC(=O)c1ccccc1. The summed E-state index contributed by atoms with van der Waals surface area (Å²) in [6, 6.07) is 17.9. The third-order valence-electron chi connectivity index (χ3n) is 7.78. The maximum atomic E-state index is 14.0. The summed E-state index contributed by atoms with van der Waals surface area (Å²) in [6.07, 6.45) is 5.64. The van der Waals surface area contributed by atoms with Crippen molar-refractivity contribution in [1.29, 1.82) is 0 Å². The van der Waals surface area contributed by atoms with Gasteiger partial charge in [0.1, 0.15) is 0 Å². The predicted octanol–water partition coefficient (Wildman–Crippen LogP) is 3.71. The highest BCUT2D eigenvalue weighted by Crippen LogP contribution is 2.48. The topological polar surface area (TPSA) is 87.5 Å². The summed E-state index contributed by atoms with van der Waals surface area (Å²) in [5, 5.41) is 6.88. The van der Waals surface area contributed by atoms with Gasteiger partial charge in [0.15, 0.2) is 0 Å².